The van der Waals surface area contributed by atoms with Crippen molar-refractivity contribution < 1.29 is 0 Å². The average Bonchev–Trinajstić information content (AvgIpc) is 2.18. The zero-order valence-corrected chi connectivity index (χ0v) is 12.4. The van der Waals surface area contributed by atoms with Gasteiger partial charge in [-0.15, -0.1) is 11.6 Å². The van der Waals surface area contributed by atoms with E-state index in [2.05, 4.69) is 29.8 Å². The predicted molar refractivity (Wildman–Crippen MR) is 72.3 cm³/mol. The van der Waals surface area contributed by atoms with Gasteiger partial charge in [-0.05, 0) is 45.5 Å². The van der Waals surface area contributed by atoms with Crippen LogP contribution in [-0.2, 0) is 12.3 Å². The fourth-order valence-corrected chi connectivity index (χ4v) is 2.81. The summed E-state index contributed by atoms with van der Waals surface area (Å²) in [5.74, 6) is 0.914. The van der Waals surface area contributed by atoms with Gasteiger partial charge in [0.05, 0.1) is 5.02 Å². The molecule has 0 heterocycles. The van der Waals surface area contributed by atoms with Crippen LogP contribution in [0.1, 0.15) is 25.0 Å². The molecule has 15 heavy (non-hydrogen) atoms. The number of hydrogen-bond acceptors (Lipinski definition) is 0. The maximum atomic E-state index is 6.26. The Balaban J connectivity index is 3.27. The van der Waals surface area contributed by atoms with Crippen LogP contribution < -0.4 is 0 Å². The van der Waals surface area contributed by atoms with Crippen LogP contribution in [0.25, 0.3) is 0 Å². The first-order valence-corrected chi connectivity index (χ1v) is 6.77. The maximum absolute atomic E-state index is 6.26. The molecule has 1 rings (SSSR count). The van der Waals surface area contributed by atoms with Crippen molar-refractivity contribution in [3.63, 3.8) is 0 Å². The minimum absolute atomic E-state index is 0.386. The van der Waals surface area contributed by atoms with E-state index in [4.69, 9.17) is 34.8 Å². The Morgan fingerprint density at radius 1 is 1.33 bits per heavy atom. The van der Waals surface area contributed by atoms with Crippen LogP contribution in [0.2, 0.25) is 10.0 Å². The van der Waals surface area contributed by atoms with Crippen molar-refractivity contribution in [2.45, 2.75) is 26.1 Å². The van der Waals surface area contributed by atoms with Crippen molar-refractivity contribution in [1.29, 1.82) is 0 Å². The Bertz CT molecular complexity index is 361. The second kappa shape index (κ2) is 5.77. The van der Waals surface area contributed by atoms with Gasteiger partial charge in [0.25, 0.3) is 0 Å². The summed E-state index contributed by atoms with van der Waals surface area (Å²) >= 11 is 21.6. The zero-order valence-electron chi connectivity index (χ0n) is 8.58. The van der Waals surface area contributed by atoms with Crippen LogP contribution in [0.4, 0.5) is 0 Å². The first-order valence-electron chi connectivity index (χ1n) is 4.68. The van der Waals surface area contributed by atoms with E-state index in [1.807, 2.05) is 6.07 Å². The highest BCUT2D eigenvalue weighted by atomic mass is 79.9. The van der Waals surface area contributed by atoms with Crippen molar-refractivity contribution in [2.75, 3.05) is 0 Å². The lowest BCUT2D eigenvalue weighted by atomic mass is 10.0. The standard InChI is InChI=1S/C11H12BrCl3/c1-6(2)3-8-10(12)9(14)4-7(5-13)11(8)15/h4,6H,3,5H2,1-2H3. The maximum Gasteiger partial charge on any atom is 0.0555 e. The lowest BCUT2D eigenvalue weighted by Crippen LogP contribution is -1.99. The third-order valence-corrected chi connectivity index (χ3v) is 4.27. The molecule has 0 amide bonds. The first kappa shape index (κ1) is 13.6. The normalized spacial score (nSPS) is 11.1. The van der Waals surface area contributed by atoms with Gasteiger partial charge in [0.1, 0.15) is 0 Å². The van der Waals surface area contributed by atoms with E-state index in [9.17, 15) is 0 Å². The van der Waals surface area contributed by atoms with Crippen LogP contribution in [0.15, 0.2) is 10.5 Å². The zero-order chi connectivity index (χ0) is 11.6. The number of benzene rings is 1. The van der Waals surface area contributed by atoms with Gasteiger partial charge in [0.2, 0.25) is 0 Å². The van der Waals surface area contributed by atoms with E-state index in [0.717, 1.165) is 27.0 Å². The molecular weight excluding hydrogens is 318 g/mol. The predicted octanol–water partition coefficient (Wildman–Crippen LogP) is 5.69. The number of alkyl halides is 1. The van der Waals surface area contributed by atoms with Crippen molar-refractivity contribution in [3.8, 4) is 0 Å². The molecule has 0 nitrogen and oxygen atoms in total. The molecule has 0 aliphatic heterocycles. The SMILES string of the molecule is CC(C)Cc1c(Cl)c(CCl)cc(Cl)c1Br. The van der Waals surface area contributed by atoms with Gasteiger partial charge < -0.3 is 0 Å². The van der Waals surface area contributed by atoms with Gasteiger partial charge in [-0.2, -0.15) is 0 Å². The topological polar surface area (TPSA) is 0 Å². The molecule has 0 N–H and O–H groups in total. The molecule has 0 aliphatic rings. The van der Waals surface area contributed by atoms with Crippen molar-refractivity contribution in [2.24, 2.45) is 5.92 Å². The number of halogens is 4. The molecule has 0 fully saturated rings. The highest BCUT2D eigenvalue weighted by Gasteiger charge is 2.14. The third-order valence-electron chi connectivity index (χ3n) is 2.08. The minimum atomic E-state index is 0.386. The molecule has 0 spiro atoms. The van der Waals surface area contributed by atoms with E-state index in [1.165, 1.54) is 0 Å². The lowest BCUT2D eigenvalue weighted by Gasteiger charge is -2.14. The highest BCUT2D eigenvalue weighted by molar-refractivity contribution is 9.10. The summed E-state index contributed by atoms with van der Waals surface area (Å²) in [5, 5.41) is 1.40. The smallest absolute Gasteiger partial charge is 0.0555 e. The van der Waals surface area contributed by atoms with Gasteiger partial charge in [0, 0.05) is 15.4 Å². The molecule has 4 heteroatoms. The fourth-order valence-electron chi connectivity index (χ4n) is 1.40. The van der Waals surface area contributed by atoms with Gasteiger partial charge in [-0.25, -0.2) is 0 Å². The molecule has 0 aromatic heterocycles. The summed E-state index contributed by atoms with van der Waals surface area (Å²) in [7, 11) is 0. The largest absolute Gasteiger partial charge is 0.121 e. The lowest BCUT2D eigenvalue weighted by molar-refractivity contribution is 0.645. The van der Waals surface area contributed by atoms with Crippen molar-refractivity contribution >= 4 is 50.7 Å². The Labute approximate surface area is 114 Å². The summed E-state index contributed by atoms with van der Waals surface area (Å²) in [5.41, 5.74) is 1.94. The fraction of sp³-hybridized carbons (Fsp3) is 0.455. The van der Waals surface area contributed by atoms with Crippen LogP contribution >= 0.6 is 50.7 Å². The van der Waals surface area contributed by atoms with Gasteiger partial charge in [0.15, 0.2) is 0 Å². The van der Waals surface area contributed by atoms with Crippen LogP contribution in [0.5, 0.6) is 0 Å². The Morgan fingerprint density at radius 3 is 2.40 bits per heavy atom. The van der Waals surface area contributed by atoms with Crippen molar-refractivity contribution in [3.05, 3.63) is 31.7 Å². The molecule has 0 saturated carbocycles. The summed E-state index contributed by atoms with van der Waals surface area (Å²) in [6.45, 7) is 4.29. The molecule has 0 bridgehead atoms. The molecule has 84 valence electrons. The van der Waals surface area contributed by atoms with Crippen LogP contribution in [0.3, 0.4) is 0 Å². The number of rotatable bonds is 3. The Hall–Kier alpha value is 0.570. The van der Waals surface area contributed by atoms with Crippen molar-refractivity contribution in [1.82, 2.24) is 0 Å². The second-order valence-electron chi connectivity index (χ2n) is 3.86. The van der Waals surface area contributed by atoms with E-state index >= 15 is 0 Å². The Kier molecular flexibility index (Phi) is 5.24. The summed E-state index contributed by atoms with van der Waals surface area (Å²) in [6, 6.07) is 1.81. The molecule has 0 saturated heterocycles. The molecule has 1 aromatic carbocycles. The molecule has 0 radical (unpaired) electrons. The molecule has 0 aliphatic carbocycles. The highest BCUT2D eigenvalue weighted by Crippen LogP contribution is 2.36. The molecule has 0 unspecified atom stereocenters. The van der Waals surface area contributed by atoms with E-state index < -0.39 is 0 Å². The van der Waals surface area contributed by atoms with Crippen LogP contribution in [-0.4, -0.2) is 0 Å². The molecular formula is C11H12BrCl3. The Morgan fingerprint density at radius 2 is 1.93 bits per heavy atom. The summed E-state index contributed by atoms with van der Waals surface area (Å²) < 4.78 is 0.886. The van der Waals surface area contributed by atoms with Gasteiger partial charge in [-0.1, -0.05) is 37.0 Å². The molecule has 1 aromatic rings. The third kappa shape index (κ3) is 3.26. The van der Waals surface area contributed by atoms with Gasteiger partial charge >= 0.3 is 0 Å². The monoisotopic (exact) mass is 328 g/mol. The van der Waals surface area contributed by atoms with E-state index in [-0.39, 0.29) is 0 Å². The summed E-state index contributed by atoms with van der Waals surface area (Å²) in [6.07, 6.45) is 0.893. The summed E-state index contributed by atoms with van der Waals surface area (Å²) in [4.78, 5) is 0. The average molecular weight is 330 g/mol. The van der Waals surface area contributed by atoms with Gasteiger partial charge in [-0.3, -0.25) is 0 Å². The van der Waals surface area contributed by atoms with Crippen LogP contribution in [0, 0.1) is 5.92 Å². The second-order valence-corrected chi connectivity index (χ2v) is 5.70. The van der Waals surface area contributed by atoms with E-state index in [0.29, 0.717) is 16.8 Å². The number of hydrogen-bond donors (Lipinski definition) is 0. The minimum Gasteiger partial charge on any atom is -0.121 e. The molecule has 0 atom stereocenters. The quantitative estimate of drug-likeness (QED) is 0.493. The first-order chi connectivity index (χ1) is 6.97. The van der Waals surface area contributed by atoms with E-state index in [1.54, 1.807) is 0 Å².